The monoisotopic (exact) mass is 462 g/mol. The van der Waals surface area contributed by atoms with E-state index in [1.807, 2.05) is 0 Å². The molecule has 10 heteroatoms. The summed E-state index contributed by atoms with van der Waals surface area (Å²) in [5.74, 6) is 0.783. The Morgan fingerprint density at radius 1 is 1.12 bits per heavy atom. The number of rotatable bonds is 6. The van der Waals surface area contributed by atoms with Crippen molar-refractivity contribution in [3.8, 4) is 5.75 Å². The van der Waals surface area contributed by atoms with Crippen LogP contribution in [-0.2, 0) is 15.6 Å². The van der Waals surface area contributed by atoms with E-state index in [0.717, 1.165) is 38.5 Å². The Hall–Kier alpha value is -2.46. The predicted molar refractivity (Wildman–Crippen MR) is 117 cm³/mol. The summed E-state index contributed by atoms with van der Waals surface area (Å²) in [7, 11) is -2.24. The maximum absolute atomic E-state index is 13.4. The predicted octanol–water partition coefficient (Wildman–Crippen LogP) is 3.15. The number of sulfonamides is 1. The lowest BCUT2D eigenvalue weighted by molar-refractivity contribution is 0.0888. The quantitative estimate of drug-likeness (QED) is 0.701. The molecule has 9 nitrogen and oxygen atoms in total. The molecule has 1 N–H and O–H groups in total. The molecule has 174 valence electrons. The van der Waals surface area contributed by atoms with Crippen LogP contribution in [0.1, 0.15) is 73.4 Å². The van der Waals surface area contributed by atoms with Gasteiger partial charge in [-0.05, 0) is 43.9 Å². The molecule has 2 fully saturated rings. The number of ether oxygens (including phenoxy) is 1. The summed E-state index contributed by atoms with van der Waals surface area (Å²) in [5, 5.41) is 7.12. The van der Waals surface area contributed by atoms with E-state index in [9.17, 15) is 13.2 Å². The molecule has 1 saturated carbocycles. The highest BCUT2D eigenvalue weighted by Gasteiger charge is 2.42. The Morgan fingerprint density at radius 3 is 2.41 bits per heavy atom. The molecule has 1 aromatic carbocycles. The van der Waals surface area contributed by atoms with Gasteiger partial charge < -0.3 is 14.6 Å². The van der Waals surface area contributed by atoms with E-state index in [1.165, 1.54) is 23.5 Å². The van der Waals surface area contributed by atoms with Crippen LogP contribution in [0.15, 0.2) is 27.6 Å². The van der Waals surface area contributed by atoms with Gasteiger partial charge in [-0.2, -0.15) is 9.29 Å². The van der Waals surface area contributed by atoms with Gasteiger partial charge >= 0.3 is 0 Å². The highest BCUT2D eigenvalue weighted by molar-refractivity contribution is 7.89. The molecule has 0 bridgehead atoms. The topological polar surface area (TPSA) is 115 Å². The minimum atomic E-state index is -3.70. The molecule has 0 atom stereocenters. The van der Waals surface area contributed by atoms with Crippen molar-refractivity contribution < 1.29 is 22.5 Å². The van der Waals surface area contributed by atoms with E-state index >= 15 is 0 Å². The largest absolute Gasteiger partial charge is 0.496 e. The van der Waals surface area contributed by atoms with Gasteiger partial charge in [0.05, 0.1) is 17.6 Å². The lowest BCUT2D eigenvalue weighted by Gasteiger charge is -2.27. The van der Waals surface area contributed by atoms with E-state index in [-0.39, 0.29) is 10.5 Å². The summed E-state index contributed by atoms with van der Waals surface area (Å²) >= 11 is 0. The number of nitrogens with zero attached hydrogens (tertiary/aromatic N) is 3. The highest BCUT2D eigenvalue weighted by atomic mass is 32.2. The first kappa shape index (κ1) is 22.7. The molecule has 2 aliphatic rings. The van der Waals surface area contributed by atoms with Crippen molar-refractivity contribution in [1.29, 1.82) is 0 Å². The molecule has 32 heavy (non-hydrogen) atoms. The summed E-state index contributed by atoms with van der Waals surface area (Å²) in [6, 6.07) is 4.46. The molecule has 1 amide bonds. The molecule has 0 unspecified atom stereocenters. The number of amides is 1. The molecule has 4 rings (SSSR count). The van der Waals surface area contributed by atoms with Gasteiger partial charge in [-0.1, -0.05) is 30.8 Å². The van der Waals surface area contributed by atoms with Crippen LogP contribution in [0.4, 0.5) is 0 Å². The minimum Gasteiger partial charge on any atom is -0.496 e. The van der Waals surface area contributed by atoms with Crippen LogP contribution >= 0.6 is 0 Å². The van der Waals surface area contributed by atoms with Crippen molar-refractivity contribution in [2.75, 3.05) is 20.2 Å². The van der Waals surface area contributed by atoms with Gasteiger partial charge in [0.1, 0.15) is 11.3 Å². The molecule has 2 aromatic rings. The van der Waals surface area contributed by atoms with E-state index in [1.54, 1.807) is 13.0 Å². The van der Waals surface area contributed by atoms with Gasteiger partial charge in [-0.25, -0.2) is 8.42 Å². The second-order valence-electron chi connectivity index (χ2n) is 8.56. The van der Waals surface area contributed by atoms with Gasteiger partial charge in [0.2, 0.25) is 15.9 Å². The Bertz CT molecular complexity index is 1070. The van der Waals surface area contributed by atoms with Crippen LogP contribution in [0.25, 0.3) is 0 Å². The first-order valence-electron chi connectivity index (χ1n) is 11.2. The number of carbonyl (C=O) groups is 1. The van der Waals surface area contributed by atoms with Gasteiger partial charge in [0.25, 0.3) is 5.91 Å². The van der Waals surface area contributed by atoms with Gasteiger partial charge in [-0.3, -0.25) is 4.79 Å². The minimum absolute atomic E-state index is 0.0984. The zero-order valence-electron chi connectivity index (χ0n) is 18.6. The van der Waals surface area contributed by atoms with Crippen molar-refractivity contribution in [3.63, 3.8) is 0 Å². The van der Waals surface area contributed by atoms with Crippen molar-refractivity contribution in [2.45, 2.75) is 68.7 Å². The average molecular weight is 463 g/mol. The van der Waals surface area contributed by atoms with Crippen LogP contribution in [-0.4, -0.2) is 49.0 Å². The second kappa shape index (κ2) is 9.19. The number of nitrogens with one attached hydrogen (secondary N) is 1. The Morgan fingerprint density at radius 2 is 1.81 bits per heavy atom. The first-order valence-corrected chi connectivity index (χ1v) is 12.6. The van der Waals surface area contributed by atoms with Crippen LogP contribution in [0.3, 0.4) is 0 Å². The molecular weight excluding hydrogens is 432 g/mol. The first-order chi connectivity index (χ1) is 15.4. The third-order valence-electron chi connectivity index (χ3n) is 6.38. The second-order valence-corrected chi connectivity index (χ2v) is 10.5. The molecule has 1 aliphatic carbocycles. The number of aromatic nitrogens is 2. The lowest BCUT2D eigenvalue weighted by Crippen LogP contribution is -2.44. The smallest absolute Gasteiger partial charge is 0.255 e. The normalized spacial score (nSPS) is 19.4. The van der Waals surface area contributed by atoms with Crippen LogP contribution < -0.4 is 10.1 Å². The molecule has 1 aromatic heterocycles. The maximum Gasteiger partial charge on any atom is 0.255 e. The Balaban J connectivity index is 1.65. The SMILES string of the molecule is COc1ccc(S(=O)(=O)N2CCCCCC2)cc1C(=O)NC1(c2noc(C)n2)CCCC1. The van der Waals surface area contributed by atoms with E-state index in [0.29, 0.717) is 43.4 Å². The summed E-state index contributed by atoms with van der Waals surface area (Å²) in [4.78, 5) is 17.8. The summed E-state index contributed by atoms with van der Waals surface area (Å²) < 4.78 is 38.6. The molecule has 0 spiro atoms. The molecular formula is C22H30N4O5S. The molecule has 2 heterocycles. The standard InChI is InChI=1S/C22H30N4O5S/c1-16-23-21(25-31-16)22(11-5-6-12-22)24-20(27)18-15-17(9-10-19(18)30-2)32(28,29)26-13-7-3-4-8-14-26/h9-10,15H,3-8,11-14H2,1-2H3,(H,24,27). The zero-order chi connectivity index (χ0) is 22.8. The molecule has 0 radical (unpaired) electrons. The zero-order valence-corrected chi connectivity index (χ0v) is 19.4. The number of carbonyl (C=O) groups excluding carboxylic acids is 1. The van der Waals surface area contributed by atoms with Crippen LogP contribution in [0.2, 0.25) is 0 Å². The molecule has 1 aliphatic heterocycles. The van der Waals surface area contributed by atoms with Crippen LogP contribution in [0.5, 0.6) is 5.75 Å². The summed E-state index contributed by atoms with van der Waals surface area (Å²) in [5.41, 5.74) is -0.561. The fraction of sp³-hybridized carbons (Fsp3) is 0.591. The number of aryl methyl sites for hydroxylation is 1. The van der Waals surface area contributed by atoms with Gasteiger partial charge in [-0.15, -0.1) is 0 Å². The Labute approximate surface area is 188 Å². The number of methoxy groups -OCH3 is 1. The van der Waals surface area contributed by atoms with Gasteiger partial charge in [0.15, 0.2) is 5.82 Å². The van der Waals surface area contributed by atoms with Gasteiger partial charge in [0, 0.05) is 20.0 Å². The molecule has 1 saturated heterocycles. The number of benzene rings is 1. The average Bonchev–Trinajstić information content (AvgIpc) is 3.34. The van der Waals surface area contributed by atoms with Crippen LogP contribution in [0, 0.1) is 6.92 Å². The third-order valence-corrected chi connectivity index (χ3v) is 8.28. The lowest BCUT2D eigenvalue weighted by atomic mass is 9.95. The van der Waals surface area contributed by atoms with Crippen molar-refractivity contribution in [2.24, 2.45) is 0 Å². The fourth-order valence-corrected chi connectivity index (χ4v) is 6.16. The van der Waals surface area contributed by atoms with E-state index in [2.05, 4.69) is 15.5 Å². The van der Waals surface area contributed by atoms with E-state index in [4.69, 9.17) is 9.26 Å². The number of hydrogen-bond donors (Lipinski definition) is 1. The maximum atomic E-state index is 13.4. The van der Waals surface area contributed by atoms with Crippen molar-refractivity contribution in [1.82, 2.24) is 19.8 Å². The number of hydrogen-bond acceptors (Lipinski definition) is 7. The summed E-state index contributed by atoms with van der Waals surface area (Å²) in [6.07, 6.45) is 6.96. The highest BCUT2D eigenvalue weighted by Crippen LogP contribution is 2.38. The fourth-order valence-electron chi connectivity index (χ4n) is 4.62. The van der Waals surface area contributed by atoms with Crippen molar-refractivity contribution in [3.05, 3.63) is 35.5 Å². The Kier molecular flexibility index (Phi) is 6.52. The van der Waals surface area contributed by atoms with Crippen molar-refractivity contribution >= 4 is 15.9 Å². The third kappa shape index (κ3) is 4.38. The summed E-state index contributed by atoms with van der Waals surface area (Å²) in [6.45, 7) is 2.70. The van der Waals surface area contributed by atoms with E-state index < -0.39 is 21.5 Å².